The monoisotopic (exact) mass is 505 g/mol. The molecule has 0 radical (unpaired) electrons. The number of anilines is 1. The summed E-state index contributed by atoms with van der Waals surface area (Å²) in [5.74, 6) is 0.618. The van der Waals surface area contributed by atoms with Gasteiger partial charge in [-0.2, -0.15) is 0 Å². The van der Waals surface area contributed by atoms with Gasteiger partial charge in [-0.05, 0) is 52.4 Å². The minimum atomic E-state index is -3.35. The topological polar surface area (TPSA) is 115 Å². The zero-order valence-electron chi connectivity index (χ0n) is 21.1. The quantitative estimate of drug-likeness (QED) is 0.353. The fraction of sp³-hybridized carbons (Fsp3) is 0.296. The summed E-state index contributed by atoms with van der Waals surface area (Å²) in [6, 6.07) is 17.0. The largest absolute Gasteiger partial charge is 0.382 e. The van der Waals surface area contributed by atoms with Crippen LogP contribution in [-0.4, -0.2) is 46.8 Å². The van der Waals surface area contributed by atoms with Crippen LogP contribution in [0.1, 0.15) is 33.3 Å². The Kier molecular flexibility index (Phi) is 7.23. The highest BCUT2D eigenvalue weighted by molar-refractivity contribution is 7.92. The Morgan fingerprint density at radius 1 is 0.944 bits per heavy atom. The lowest BCUT2D eigenvalue weighted by molar-refractivity contribution is 0.266. The molecule has 2 aromatic heterocycles. The van der Waals surface area contributed by atoms with Gasteiger partial charge in [-0.1, -0.05) is 41.6 Å². The highest BCUT2D eigenvalue weighted by atomic mass is 32.2. The van der Waals surface area contributed by atoms with Crippen LogP contribution in [0.15, 0.2) is 70.2 Å². The number of nitrogens with two attached hydrogens (primary N) is 1. The van der Waals surface area contributed by atoms with E-state index in [1.54, 1.807) is 50.4 Å². The van der Waals surface area contributed by atoms with Crippen LogP contribution in [0.3, 0.4) is 0 Å². The third kappa shape index (κ3) is 5.32. The number of hydrogen-bond acceptors (Lipinski definition) is 8. The van der Waals surface area contributed by atoms with Crippen LogP contribution in [0.4, 0.5) is 5.82 Å². The molecule has 0 unspecified atom stereocenters. The summed E-state index contributed by atoms with van der Waals surface area (Å²) in [6.45, 7) is 8.52. The number of hydrogen-bond donors (Lipinski definition) is 1. The minimum Gasteiger partial charge on any atom is -0.382 e. The lowest BCUT2D eigenvalue weighted by Crippen LogP contribution is -2.25. The molecule has 2 heterocycles. The maximum absolute atomic E-state index is 12.4. The normalized spacial score (nSPS) is 12.1. The summed E-state index contributed by atoms with van der Waals surface area (Å²) in [5, 5.41) is 3.71. The van der Waals surface area contributed by atoms with Crippen LogP contribution in [-0.2, 0) is 16.4 Å². The van der Waals surface area contributed by atoms with Gasteiger partial charge in [-0.15, -0.1) is 0 Å². The Balaban J connectivity index is 1.58. The van der Waals surface area contributed by atoms with E-state index in [0.29, 0.717) is 34.4 Å². The zero-order chi connectivity index (χ0) is 26.0. The fourth-order valence-electron chi connectivity index (χ4n) is 3.58. The molecule has 0 amide bonds. The van der Waals surface area contributed by atoms with Crippen LogP contribution in [0.5, 0.6) is 0 Å². The van der Waals surface area contributed by atoms with E-state index < -0.39 is 15.1 Å². The van der Waals surface area contributed by atoms with Gasteiger partial charge < -0.3 is 10.3 Å². The van der Waals surface area contributed by atoms with Crippen LogP contribution in [0, 0.1) is 0 Å². The van der Waals surface area contributed by atoms with Crippen molar-refractivity contribution in [2.45, 2.75) is 50.4 Å². The van der Waals surface area contributed by atoms with Crippen molar-refractivity contribution in [1.82, 2.24) is 20.0 Å². The molecule has 2 aromatic carbocycles. The summed E-state index contributed by atoms with van der Waals surface area (Å²) < 4.78 is 30.4. The molecule has 0 saturated heterocycles. The van der Waals surface area contributed by atoms with Crippen LogP contribution < -0.4 is 5.73 Å². The molecular weight excluding hydrogens is 474 g/mol. The number of sulfone groups is 1. The van der Waals surface area contributed by atoms with Crippen molar-refractivity contribution in [2.75, 3.05) is 12.8 Å². The van der Waals surface area contributed by atoms with E-state index in [1.165, 1.54) is 5.56 Å². The molecule has 188 valence electrons. The first-order chi connectivity index (χ1) is 17.1. The number of aromatic nitrogens is 3. The maximum Gasteiger partial charge on any atom is 0.189 e. The van der Waals surface area contributed by atoms with Crippen LogP contribution >= 0.6 is 0 Å². The Labute approximate surface area is 212 Å². The van der Waals surface area contributed by atoms with Crippen LogP contribution in [0.25, 0.3) is 34.0 Å². The lowest BCUT2D eigenvalue weighted by Gasteiger charge is -2.20. The average Bonchev–Trinajstić information content (AvgIpc) is 3.35. The summed E-state index contributed by atoms with van der Waals surface area (Å²) in [6.07, 6.45) is 1.55. The van der Waals surface area contributed by atoms with Gasteiger partial charge in [-0.25, -0.2) is 18.4 Å². The van der Waals surface area contributed by atoms with Gasteiger partial charge in [0, 0.05) is 29.8 Å². The Morgan fingerprint density at radius 3 is 2.17 bits per heavy atom. The molecule has 0 fully saturated rings. The molecule has 0 bridgehead atoms. The highest BCUT2D eigenvalue weighted by Gasteiger charge is 2.20. The van der Waals surface area contributed by atoms with Crippen molar-refractivity contribution in [2.24, 2.45) is 0 Å². The molecule has 2 N–H and O–H groups in total. The van der Waals surface area contributed by atoms with Crippen molar-refractivity contribution in [1.29, 1.82) is 0 Å². The van der Waals surface area contributed by atoms with Gasteiger partial charge in [0.25, 0.3) is 0 Å². The number of nitrogen functional groups attached to an aromatic ring is 1. The van der Waals surface area contributed by atoms with Crippen molar-refractivity contribution >= 4 is 15.7 Å². The third-order valence-electron chi connectivity index (χ3n) is 6.21. The number of nitrogens with zero attached hydrogens (tertiary/aromatic N) is 4. The number of benzene rings is 2. The van der Waals surface area contributed by atoms with Gasteiger partial charge in [0.2, 0.25) is 0 Å². The second kappa shape index (κ2) is 10.2. The molecule has 0 spiro atoms. The number of rotatable bonds is 8. The Morgan fingerprint density at radius 2 is 1.56 bits per heavy atom. The molecule has 9 heteroatoms. The van der Waals surface area contributed by atoms with Crippen molar-refractivity contribution in [3.05, 3.63) is 66.4 Å². The van der Waals surface area contributed by atoms with E-state index in [1.807, 2.05) is 12.1 Å². The van der Waals surface area contributed by atoms with E-state index in [-0.39, 0.29) is 10.7 Å². The molecule has 0 saturated carbocycles. The SMILES string of the molecule is CC(C)N(C)Cc1ccc(-c2cc(-c3nc(-c4ccc(S(=O)(=O)C(C)C)cc4)cnc3N)on2)cc1. The summed E-state index contributed by atoms with van der Waals surface area (Å²) in [5.41, 5.74) is 10.6. The molecule has 0 aliphatic heterocycles. The van der Waals surface area contributed by atoms with Crippen molar-refractivity contribution < 1.29 is 12.9 Å². The first-order valence-electron chi connectivity index (χ1n) is 11.8. The fourth-order valence-corrected chi connectivity index (χ4v) is 4.64. The highest BCUT2D eigenvalue weighted by Crippen LogP contribution is 2.30. The van der Waals surface area contributed by atoms with E-state index in [4.69, 9.17) is 10.3 Å². The molecule has 0 aliphatic rings. The molecule has 36 heavy (non-hydrogen) atoms. The first kappa shape index (κ1) is 25.5. The standard InChI is InChI=1S/C27H31N5O3S/c1-17(2)32(5)16-19-6-8-20(9-7-19)23-14-25(35-31-23)26-27(28)29-15-24(30-26)21-10-12-22(13-11-21)36(33,34)18(3)4/h6-15,17-18H,16H2,1-5H3,(H2,28,29). The van der Waals surface area contributed by atoms with Crippen molar-refractivity contribution in [3.8, 4) is 34.0 Å². The minimum absolute atomic E-state index is 0.215. The molecule has 4 rings (SSSR count). The van der Waals surface area contributed by atoms with E-state index in [2.05, 4.69) is 53.1 Å². The summed E-state index contributed by atoms with van der Waals surface area (Å²) >= 11 is 0. The van der Waals surface area contributed by atoms with Gasteiger partial charge >= 0.3 is 0 Å². The summed E-state index contributed by atoms with van der Waals surface area (Å²) in [7, 11) is -1.25. The lowest BCUT2D eigenvalue weighted by atomic mass is 10.1. The third-order valence-corrected chi connectivity index (χ3v) is 8.38. The van der Waals surface area contributed by atoms with Gasteiger partial charge in [-0.3, -0.25) is 4.90 Å². The zero-order valence-corrected chi connectivity index (χ0v) is 22.0. The van der Waals surface area contributed by atoms with E-state index in [0.717, 1.165) is 12.1 Å². The molecular formula is C27H31N5O3S. The average molecular weight is 506 g/mol. The van der Waals surface area contributed by atoms with E-state index >= 15 is 0 Å². The second-order valence-corrected chi connectivity index (χ2v) is 11.9. The first-order valence-corrected chi connectivity index (χ1v) is 13.3. The molecule has 8 nitrogen and oxygen atoms in total. The molecule has 0 atom stereocenters. The Hall–Kier alpha value is -3.56. The van der Waals surface area contributed by atoms with Gasteiger partial charge in [0.1, 0.15) is 5.69 Å². The predicted molar refractivity (Wildman–Crippen MR) is 142 cm³/mol. The van der Waals surface area contributed by atoms with E-state index in [9.17, 15) is 8.42 Å². The maximum atomic E-state index is 12.4. The summed E-state index contributed by atoms with van der Waals surface area (Å²) in [4.78, 5) is 11.4. The van der Waals surface area contributed by atoms with Crippen molar-refractivity contribution in [3.63, 3.8) is 0 Å². The Bertz CT molecular complexity index is 1440. The van der Waals surface area contributed by atoms with Gasteiger partial charge in [0.15, 0.2) is 27.1 Å². The predicted octanol–water partition coefficient (Wildman–Crippen LogP) is 5.07. The molecule has 0 aliphatic carbocycles. The smallest absolute Gasteiger partial charge is 0.189 e. The molecule has 4 aromatic rings. The van der Waals surface area contributed by atoms with Crippen LogP contribution in [0.2, 0.25) is 0 Å². The van der Waals surface area contributed by atoms with Gasteiger partial charge in [0.05, 0.1) is 22.0 Å². The second-order valence-electron chi connectivity index (χ2n) is 9.39.